The number of fused-ring (bicyclic) bond motifs is 3. The maximum absolute atomic E-state index is 8.98. The third kappa shape index (κ3) is 3.02. The van der Waals surface area contributed by atoms with Crippen molar-refractivity contribution in [2.24, 2.45) is 5.92 Å². The van der Waals surface area contributed by atoms with Crippen LogP contribution in [0, 0.1) is 5.92 Å². The molecule has 0 spiro atoms. The first-order valence-corrected chi connectivity index (χ1v) is 8.45. The fourth-order valence-corrected chi connectivity index (χ4v) is 4.05. The highest BCUT2D eigenvalue weighted by Gasteiger charge is 2.40. The summed E-state index contributed by atoms with van der Waals surface area (Å²) in [4.78, 5) is 0. The zero-order valence-corrected chi connectivity index (χ0v) is 13.5. The van der Waals surface area contributed by atoms with Crippen molar-refractivity contribution in [2.75, 3.05) is 18.5 Å². The second-order valence-corrected chi connectivity index (χ2v) is 6.70. The van der Waals surface area contributed by atoms with E-state index in [2.05, 4.69) is 5.32 Å². The summed E-state index contributed by atoms with van der Waals surface area (Å²) in [5.41, 5.74) is 1.95. The average molecular weight is 330 g/mol. The van der Waals surface area contributed by atoms with E-state index in [1.54, 1.807) is 0 Å². The SMILES string of the molecule is OCCCCC1Nc2c(Cl)ccc(Cl)c2C2OCCCC12. The molecule has 0 amide bonds. The Kier molecular flexibility index (Phi) is 4.95. The molecule has 1 fully saturated rings. The van der Waals surface area contributed by atoms with E-state index in [0.717, 1.165) is 55.0 Å². The molecular weight excluding hydrogens is 309 g/mol. The normalized spacial score (nSPS) is 27.7. The second-order valence-electron chi connectivity index (χ2n) is 5.89. The first-order chi connectivity index (χ1) is 10.2. The molecule has 1 saturated heterocycles. The first kappa shape index (κ1) is 15.4. The Morgan fingerprint density at radius 3 is 2.86 bits per heavy atom. The third-order valence-corrected chi connectivity index (χ3v) is 5.21. The van der Waals surface area contributed by atoms with Crippen molar-refractivity contribution in [3.8, 4) is 0 Å². The summed E-state index contributed by atoms with van der Waals surface area (Å²) in [7, 11) is 0. The van der Waals surface area contributed by atoms with Gasteiger partial charge in [-0.2, -0.15) is 0 Å². The Labute approximate surface area is 135 Å². The molecule has 3 unspecified atom stereocenters. The maximum atomic E-state index is 8.98. The van der Waals surface area contributed by atoms with E-state index in [1.165, 1.54) is 0 Å². The summed E-state index contributed by atoms with van der Waals surface area (Å²) in [6.07, 6.45) is 5.14. The summed E-state index contributed by atoms with van der Waals surface area (Å²) in [5.74, 6) is 0.431. The van der Waals surface area contributed by atoms with Crippen LogP contribution < -0.4 is 5.32 Å². The molecule has 3 rings (SSSR count). The molecule has 5 heteroatoms. The van der Waals surface area contributed by atoms with Crippen LogP contribution in [0.4, 0.5) is 5.69 Å². The van der Waals surface area contributed by atoms with Crippen molar-refractivity contribution >= 4 is 28.9 Å². The van der Waals surface area contributed by atoms with Crippen LogP contribution in [0.25, 0.3) is 0 Å². The third-order valence-electron chi connectivity index (χ3n) is 4.56. The smallest absolute Gasteiger partial charge is 0.0907 e. The number of aliphatic hydroxyl groups excluding tert-OH is 1. The molecule has 2 N–H and O–H groups in total. The van der Waals surface area contributed by atoms with Gasteiger partial charge in [-0.1, -0.05) is 23.2 Å². The van der Waals surface area contributed by atoms with Gasteiger partial charge in [-0.3, -0.25) is 0 Å². The van der Waals surface area contributed by atoms with Crippen LogP contribution in [0.1, 0.15) is 43.8 Å². The fraction of sp³-hybridized carbons (Fsp3) is 0.625. The van der Waals surface area contributed by atoms with Gasteiger partial charge in [0.2, 0.25) is 0 Å². The number of hydrogen-bond donors (Lipinski definition) is 2. The number of aliphatic hydroxyl groups is 1. The minimum absolute atomic E-state index is 0.0420. The molecule has 1 aromatic rings. The largest absolute Gasteiger partial charge is 0.396 e. The van der Waals surface area contributed by atoms with Gasteiger partial charge in [0.25, 0.3) is 0 Å². The number of unbranched alkanes of at least 4 members (excludes halogenated alkanes) is 1. The zero-order chi connectivity index (χ0) is 14.8. The predicted octanol–water partition coefficient (Wildman–Crippen LogP) is 4.42. The lowest BCUT2D eigenvalue weighted by molar-refractivity contribution is -0.0386. The number of ether oxygens (including phenoxy) is 1. The lowest BCUT2D eigenvalue weighted by Gasteiger charge is -2.44. The molecule has 0 bridgehead atoms. The van der Waals surface area contributed by atoms with Crippen molar-refractivity contribution in [2.45, 2.75) is 44.2 Å². The van der Waals surface area contributed by atoms with Crippen LogP contribution in [-0.4, -0.2) is 24.4 Å². The van der Waals surface area contributed by atoms with Crippen molar-refractivity contribution in [1.82, 2.24) is 0 Å². The molecule has 3 nitrogen and oxygen atoms in total. The summed E-state index contributed by atoms with van der Waals surface area (Å²) in [5, 5.41) is 14.0. The average Bonchev–Trinajstić information content (AvgIpc) is 2.51. The van der Waals surface area contributed by atoms with Gasteiger partial charge in [-0.15, -0.1) is 0 Å². The number of nitrogens with one attached hydrogen (secondary N) is 1. The molecule has 0 saturated carbocycles. The van der Waals surface area contributed by atoms with Crippen LogP contribution in [0.2, 0.25) is 10.0 Å². The lowest BCUT2D eigenvalue weighted by Crippen LogP contribution is -2.41. The first-order valence-electron chi connectivity index (χ1n) is 7.69. The fourth-order valence-electron chi connectivity index (χ4n) is 3.56. The van der Waals surface area contributed by atoms with Gasteiger partial charge in [0.15, 0.2) is 0 Å². The van der Waals surface area contributed by atoms with E-state index in [1.807, 2.05) is 12.1 Å². The second kappa shape index (κ2) is 6.74. The molecule has 1 aromatic carbocycles. The summed E-state index contributed by atoms with van der Waals surface area (Å²) in [6.45, 7) is 1.04. The summed E-state index contributed by atoms with van der Waals surface area (Å²) >= 11 is 12.8. The van der Waals surface area contributed by atoms with Crippen LogP contribution in [0.3, 0.4) is 0 Å². The van der Waals surface area contributed by atoms with Crippen LogP contribution in [0.5, 0.6) is 0 Å². The minimum atomic E-state index is 0.0420. The Morgan fingerprint density at radius 2 is 2.05 bits per heavy atom. The van der Waals surface area contributed by atoms with E-state index in [0.29, 0.717) is 17.0 Å². The van der Waals surface area contributed by atoms with E-state index < -0.39 is 0 Å². The number of benzene rings is 1. The minimum Gasteiger partial charge on any atom is -0.396 e. The lowest BCUT2D eigenvalue weighted by atomic mass is 9.78. The van der Waals surface area contributed by atoms with Gasteiger partial charge in [0, 0.05) is 35.8 Å². The monoisotopic (exact) mass is 329 g/mol. The summed E-state index contributed by atoms with van der Waals surface area (Å²) in [6, 6.07) is 4.03. The molecule has 116 valence electrons. The molecular formula is C16H21Cl2NO2. The van der Waals surface area contributed by atoms with E-state index in [9.17, 15) is 0 Å². The van der Waals surface area contributed by atoms with Gasteiger partial charge in [0.05, 0.1) is 16.8 Å². The summed E-state index contributed by atoms with van der Waals surface area (Å²) < 4.78 is 6.05. The quantitative estimate of drug-likeness (QED) is 0.803. The highest BCUT2D eigenvalue weighted by molar-refractivity contribution is 6.36. The molecule has 3 atom stereocenters. The van der Waals surface area contributed by atoms with Gasteiger partial charge in [0.1, 0.15) is 0 Å². The van der Waals surface area contributed by atoms with Crippen LogP contribution in [0.15, 0.2) is 12.1 Å². The molecule has 0 aliphatic carbocycles. The molecule has 0 aromatic heterocycles. The van der Waals surface area contributed by atoms with Gasteiger partial charge in [-0.25, -0.2) is 0 Å². The molecule has 0 radical (unpaired) electrons. The van der Waals surface area contributed by atoms with Crippen molar-refractivity contribution in [3.63, 3.8) is 0 Å². The maximum Gasteiger partial charge on any atom is 0.0907 e. The highest BCUT2D eigenvalue weighted by atomic mass is 35.5. The number of halogens is 2. The van der Waals surface area contributed by atoms with Crippen LogP contribution >= 0.6 is 23.2 Å². The van der Waals surface area contributed by atoms with Gasteiger partial charge in [-0.05, 0) is 44.2 Å². The predicted molar refractivity (Wildman–Crippen MR) is 86.2 cm³/mol. The van der Waals surface area contributed by atoms with Crippen LogP contribution in [-0.2, 0) is 4.74 Å². The standard InChI is InChI=1S/C16H21Cl2NO2/c17-11-6-7-12(18)15-14(11)16-10(4-3-9-21-16)13(19-15)5-1-2-8-20/h6-7,10,13,16,19-20H,1-5,8-9H2. The van der Waals surface area contributed by atoms with Crippen molar-refractivity contribution in [1.29, 1.82) is 0 Å². The highest BCUT2D eigenvalue weighted by Crippen LogP contribution is 2.49. The Bertz CT molecular complexity index is 509. The van der Waals surface area contributed by atoms with Gasteiger partial charge < -0.3 is 15.2 Å². The molecule has 2 aliphatic rings. The van der Waals surface area contributed by atoms with Crippen molar-refractivity contribution in [3.05, 3.63) is 27.7 Å². The Balaban J connectivity index is 1.91. The Hall–Kier alpha value is -0.480. The molecule has 2 aliphatic heterocycles. The molecule has 2 heterocycles. The van der Waals surface area contributed by atoms with E-state index >= 15 is 0 Å². The number of anilines is 1. The Morgan fingerprint density at radius 1 is 1.24 bits per heavy atom. The topological polar surface area (TPSA) is 41.5 Å². The van der Waals surface area contributed by atoms with E-state index in [4.69, 9.17) is 33.0 Å². The number of hydrogen-bond acceptors (Lipinski definition) is 3. The van der Waals surface area contributed by atoms with Gasteiger partial charge >= 0.3 is 0 Å². The number of rotatable bonds is 4. The van der Waals surface area contributed by atoms with E-state index in [-0.39, 0.29) is 12.7 Å². The van der Waals surface area contributed by atoms with Crippen molar-refractivity contribution < 1.29 is 9.84 Å². The zero-order valence-electron chi connectivity index (χ0n) is 11.9. The molecule has 21 heavy (non-hydrogen) atoms.